The maximum Gasteiger partial charge on any atom is 0.230 e. The summed E-state index contributed by atoms with van der Waals surface area (Å²) in [4.78, 5) is 16.3. The van der Waals surface area contributed by atoms with E-state index in [9.17, 15) is 13.6 Å². The Bertz CT molecular complexity index is 661. The van der Waals surface area contributed by atoms with E-state index in [4.69, 9.17) is 5.73 Å². The molecule has 1 aromatic heterocycles. The van der Waals surface area contributed by atoms with Gasteiger partial charge in [-0.25, -0.2) is 13.8 Å². The Hall–Kier alpha value is -1.86. The highest BCUT2D eigenvalue weighted by Crippen LogP contribution is 2.16. The van der Waals surface area contributed by atoms with Crippen LogP contribution in [0.3, 0.4) is 0 Å². The first-order valence-corrected chi connectivity index (χ1v) is 8.34. The van der Waals surface area contributed by atoms with E-state index >= 15 is 0 Å². The molecule has 0 aliphatic rings. The topological polar surface area (TPSA) is 68.0 Å². The van der Waals surface area contributed by atoms with Gasteiger partial charge in [-0.3, -0.25) is 4.79 Å². The molecule has 0 unspecified atom stereocenters. The number of hydrogen-bond acceptors (Lipinski definition) is 4. The number of thiazole rings is 1. The molecule has 0 atom stereocenters. The van der Waals surface area contributed by atoms with Crippen molar-refractivity contribution in [1.29, 1.82) is 0 Å². The molecule has 0 saturated heterocycles. The van der Waals surface area contributed by atoms with Crippen LogP contribution >= 0.6 is 11.3 Å². The minimum atomic E-state index is -0.990. The van der Waals surface area contributed by atoms with Crippen molar-refractivity contribution in [3.63, 3.8) is 0 Å². The number of hydrogen-bond donors (Lipinski definition) is 2. The zero-order valence-corrected chi connectivity index (χ0v) is 13.5. The molecule has 2 rings (SSSR count). The SMILES string of the molecule is NCCCCCc1nc(CC(=O)Nc2ccc(F)c(F)c2)cs1. The Morgan fingerprint density at radius 2 is 2.04 bits per heavy atom. The van der Waals surface area contributed by atoms with Crippen LogP contribution in [-0.2, 0) is 17.6 Å². The Morgan fingerprint density at radius 3 is 2.78 bits per heavy atom. The Kier molecular flexibility index (Phi) is 6.61. The number of halogens is 2. The number of aromatic nitrogens is 1. The van der Waals surface area contributed by atoms with Gasteiger partial charge in [0.15, 0.2) is 11.6 Å². The summed E-state index contributed by atoms with van der Waals surface area (Å²) in [6.45, 7) is 0.702. The van der Waals surface area contributed by atoms with Crippen LogP contribution in [-0.4, -0.2) is 17.4 Å². The summed E-state index contributed by atoms with van der Waals surface area (Å²) < 4.78 is 25.9. The number of aryl methyl sites for hydroxylation is 1. The van der Waals surface area contributed by atoms with Crippen molar-refractivity contribution in [3.05, 3.63) is 45.9 Å². The molecule has 124 valence electrons. The molecule has 1 amide bonds. The molecule has 2 aromatic rings. The first-order valence-electron chi connectivity index (χ1n) is 7.46. The van der Waals surface area contributed by atoms with Crippen LogP contribution in [0.4, 0.5) is 14.5 Å². The van der Waals surface area contributed by atoms with Crippen LogP contribution in [0.2, 0.25) is 0 Å². The number of benzene rings is 1. The Labute approximate surface area is 137 Å². The minimum Gasteiger partial charge on any atom is -0.330 e. The van der Waals surface area contributed by atoms with Crippen molar-refractivity contribution in [2.45, 2.75) is 32.1 Å². The zero-order valence-electron chi connectivity index (χ0n) is 12.6. The van der Waals surface area contributed by atoms with Gasteiger partial charge in [-0.05, 0) is 37.9 Å². The van der Waals surface area contributed by atoms with Crippen LogP contribution in [0.15, 0.2) is 23.6 Å². The highest BCUT2D eigenvalue weighted by atomic mass is 32.1. The third kappa shape index (κ3) is 5.69. The van der Waals surface area contributed by atoms with Crippen molar-refractivity contribution in [2.24, 2.45) is 5.73 Å². The highest BCUT2D eigenvalue weighted by molar-refractivity contribution is 7.09. The Balaban J connectivity index is 1.83. The number of carbonyl (C=O) groups is 1. The lowest BCUT2D eigenvalue weighted by molar-refractivity contribution is -0.115. The molecule has 7 heteroatoms. The van der Waals surface area contributed by atoms with Gasteiger partial charge in [-0.15, -0.1) is 11.3 Å². The third-order valence-corrected chi connectivity index (χ3v) is 4.20. The fourth-order valence-corrected chi connectivity index (χ4v) is 2.93. The van der Waals surface area contributed by atoms with Gasteiger partial charge in [0, 0.05) is 17.1 Å². The number of nitrogens with one attached hydrogen (secondary N) is 1. The van der Waals surface area contributed by atoms with E-state index < -0.39 is 11.6 Å². The summed E-state index contributed by atoms with van der Waals surface area (Å²) in [6, 6.07) is 3.25. The monoisotopic (exact) mass is 339 g/mol. The summed E-state index contributed by atoms with van der Waals surface area (Å²) >= 11 is 1.53. The molecular formula is C16H19F2N3OS. The normalized spacial score (nSPS) is 10.7. The number of anilines is 1. The van der Waals surface area contributed by atoms with Gasteiger partial charge >= 0.3 is 0 Å². The van der Waals surface area contributed by atoms with E-state index in [0.29, 0.717) is 12.2 Å². The first-order chi connectivity index (χ1) is 11.1. The number of carbonyl (C=O) groups excluding carboxylic acids is 1. The molecule has 1 heterocycles. The van der Waals surface area contributed by atoms with Crippen LogP contribution in [0, 0.1) is 11.6 Å². The first kappa shape index (κ1) is 17.5. The largest absolute Gasteiger partial charge is 0.330 e. The molecule has 0 saturated carbocycles. The van der Waals surface area contributed by atoms with Crippen LogP contribution in [0.1, 0.15) is 30.0 Å². The number of amides is 1. The van der Waals surface area contributed by atoms with E-state index in [0.717, 1.165) is 42.8 Å². The standard InChI is InChI=1S/C16H19F2N3OS/c17-13-6-5-11(8-14(13)18)20-15(22)9-12-10-23-16(21-12)4-2-1-3-7-19/h5-6,8,10H,1-4,7,9,19H2,(H,20,22). The van der Waals surface area contributed by atoms with Gasteiger partial charge in [0.1, 0.15) is 0 Å². The summed E-state index contributed by atoms with van der Waals surface area (Å²) in [6.07, 6.45) is 4.11. The second-order valence-electron chi connectivity index (χ2n) is 5.19. The molecule has 0 fully saturated rings. The molecule has 0 spiro atoms. The van der Waals surface area contributed by atoms with Crippen molar-refractivity contribution < 1.29 is 13.6 Å². The predicted octanol–water partition coefficient (Wildman–Crippen LogP) is 3.27. The molecular weight excluding hydrogens is 320 g/mol. The van der Waals surface area contributed by atoms with Crippen molar-refractivity contribution in [1.82, 2.24) is 4.98 Å². The average molecular weight is 339 g/mol. The molecule has 0 aliphatic heterocycles. The number of nitrogens with zero attached hydrogens (tertiary/aromatic N) is 1. The fourth-order valence-electron chi connectivity index (χ4n) is 2.09. The van der Waals surface area contributed by atoms with Gasteiger partial charge in [-0.2, -0.15) is 0 Å². The summed E-state index contributed by atoms with van der Waals surface area (Å²) in [5.41, 5.74) is 6.36. The predicted molar refractivity (Wildman–Crippen MR) is 87.4 cm³/mol. The van der Waals surface area contributed by atoms with Gasteiger partial charge < -0.3 is 11.1 Å². The number of rotatable bonds is 8. The molecule has 0 radical (unpaired) electrons. The molecule has 23 heavy (non-hydrogen) atoms. The second-order valence-corrected chi connectivity index (χ2v) is 6.13. The smallest absolute Gasteiger partial charge is 0.230 e. The summed E-state index contributed by atoms with van der Waals surface area (Å²) in [7, 11) is 0. The minimum absolute atomic E-state index is 0.109. The average Bonchev–Trinajstić information content (AvgIpc) is 2.95. The van der Waals surface area contributed by atoms with Crippen LogP contribution in [0.5, 0.6) is 0 Å². The van der Waals surface area contributed by atoms with Gasteiger partial charge in [0.05, 0.1) is 17.1 Å². The third-order valence-electron chi connectivity index (χ3n) is 3.24. The summed E-state index contributed by atoms with van der Waals surface area (Å²) in [5.74, 6) is -2.24. The van der Waals surface area contributed by atoms with E-state index in [1.807, 2.05) is 5.38 Å². The fraction of sp³-hybridized carbons (Fsp3) is 0.375. The summed E-state index contributed by atoms with van der Waals surface area (Å²) in [5, 5.41) is 5.38. The molecule has 0 aliphatic carbocycles. The number of nitrogens with two attached hydrogens (primary N) is 1. The van der Waals surface area contributed by atoms with Crippen LogP contribution in [0.25, 0.3) is 0 Å². The second kappa shape index (κ2) is 8.69. The maximum atomic E-state index is 13.1. The van der Waals surface area contributed by atoms with Crippen molar-refractivity contribution in [2.75, 3.05) is 11.9 Å². The van der Waals surface area contributed by atoms with Crippen molar-refractivity contribution >= 4 is 22.9 Å². The lowest BCUT2D eigenvalue weighted by Crippen LogP contribution is -2.14. The Morgan fingerprint density at radius 1 is 1.22 bits per heavy atom. The van der Waals surface area contributed by atoms with Gasteiger partial charge in [0.2, 0.25) is 5.91 Å². The van der Waals surface area contributed by atoms with E-state index in [1.54, 1.807) is 0 Å². The van der Waals surface area contributed by atoms with Crippen LogP contribution < -0.4 is 11.1 Å². The zero-order chi connectivity index (χ0) is 16.7. The van der Waals surface area contributed by atoms with E-state index in [2.05, 4.69) is 10.3 Å². The lowest BCUT2D eigenvalue weighted by atomic mass is 10.2. The van der Waals surface area contributed by atoms with Gasteiger partial charge in [0.25, 0.3) is 0 Å². The lowest BCUT2D eigenvalue weighted by Gasteiger charge is -2.04. The number of unbranched alkanes of at least 4 members (excludes halogenated alkanes) is 2. The van der Waals surface area contributed by atoms with Crippen molar-refractivity contribution in [3.8, 4) is 0 Å². The quantitative estimate of drug-likeness (QED) is 0.725. The van der Waals surface area contributed by atoms with E-state index in [-0.39, 0.29) is 18.0 Å². The maximum absolute atomic E-state index is 13.1. The van der Waals surface area contributed by atoms with Gasteiger partial charge in [-0.1, -0.05) is 6.42 Å². The molecule has 0 bridgehead atoms. The molecule has 4 nitrogen and oxygen atoms in total. The molecule has 1 aromatic carbocycles. The van der Waals surface area contributed by atoms with E-state index in [1.165, 1.54) is 17.4 Å². The highest BCUT2D eigenvalue weighted by Gasteiger charge is 2.10. The molecule has 3 N–H and O–H groups in total.